The van der Waals surface area contributed by atoms with E-state index in [4.69, 9.17) is 11.1 Å². The number of phenolic OH excluding ortho intramolecular Hbond substituents is 2. The van der Waals surface area contributed by atoms with Gasteiger partial charge in [0.15, 0.2) is 11.5 Å². The number of aromatic hydroxyl groups is 2. The summed E-state index contributed by atoms with van der Waals surface area (Å²) >= 11 is 0. The maximum atomic E-state index is 9.57. The molecule has 1 aromatic carbocycles. The molecule has 0 saturated carbocycles. The van der Waals surface area contributed by atoms with E-state index >= 15 is 0 Å². The predicted molar refractivity (Wildman–Crippen MR) is 70.0 cm³/mol. The molecule has 2 rings (SSSR count). The fraction of sp³-hybridized carbons (Fsp3) is 0.462. The van der Waals surface area contributed by atoms with E-state index in [9.17, 15) is 10.2 Å². The first-order chi connectivity index (χ1) is 8.58. The summed E-state index contributed by atoms with van der Waals surface area (Å²) in [6.45, 7) is 0.863. The summed E-state index contributed by atoms with van der Waals surface area (Å²) < 4.78 is 0. The second-order valence-corrected chi connectivity index (χ2v) is 4.71. The van der Waals surface area contributed by atoms with Crippen LogP contribution in [0.15, 0.2) is 12.1 Å². The van der Waals surface area contributed by atoms with Crippen LogP contribution in [0.25, 0.3) is 0 Å². The van der Waals surface area contributed by atoms with E-state index in [-0.39, 0.29) is 23.4 Å². The van der Waals surface area contributed by atoms with Gasteiger partial charge in [0, 0.05) is 12.5 Å². The molecule has 0 bridgehead atoms. The molecule has 0 spiro atoms. The van der Waals surface area contributed by atoms with Crippen LogP contribution in [0.1, 0.15) is 36.4 Å². The van der Waals surface area contributed by atoms with Crippen LogP contribution in [0.5, 0.6) is 11.5 Å². The smallest absolute Gasteiger partial charge is 0.157 e. The normalized spacial score (nSPS) is 18.3. The van der Waals surface area contributed by atoms with Gasteiger partial charge in [-0.15, -0.1) is 0 Å². The van der Waals surface area contributed by atoms with Gasteiger partial charge in [-0.2, -0.15) is 0 Å². The highest BCUT2D eigenvalue weighted by atomic mass is 16.3. The SMILES string of the molecule is N=C(N)CCCC1NCCc2cc(O)c(O)cc21. The number of rotatable bonds is 4. The first kappa shape index (κ1) is 12.7. The summed E-state index contributed by atoms with van der Waals surface area (Å²) in [7, 11) is 0. The summed E-state index contributed by atoms with van der Waals surface area (Å²) in [6.07, 6.45) is 3.16. The van der Waals surface area contributed by atoms with E-state index in [1.165, 1.54) is 0 Å². The van der Waals surface area contributed by atoms with Crippen molar-refractivity contribution in [1.82, 2.24) is 5.32 Å². The molecular formula is C13H19N3O2. The van der Waals surface area contributed by atoms with Gasteiger partial charge in [0.1, 0.15) is 0 Å². The molecule has 0 radical (unpaired) electrons. The molecule has 18 heavy (non-hydrogen) atoms. The van der Waals surface area contributed by atoms with Crippen molar-refractivity contribution in [3.8, 4) is 11.5 Å². The van der Waals surface area contributed by atoms with Gasteiger partial charge in [0.05, 0.1) is 5.84 Å². The molecule has 1 aliphatic heterocycles. The lowest BCUT2D eigenvalue weighted by Gasteiger charge is -2.27. The third kappa shape index (κ3) is 2.73. The van der Waals surface area contributed by atoms with E-state index < -0.39 is 0 Å². The molecule has 1 heterocycles. The fourth-order valence-electron chi connectivity index (χ4n) is 2.42. The summed E-state index contributed by atoms with van der Waals surface area (Å²) in [4.78, 5) is 0. The summed E-state index contributed by atoms with van der Waals surface area (Å²) in [6, 6.07) is 3.44. The maximum Gasteiger partial charge on any atom is 0.157 e. The standard InChI is InChI=1S/C13H19N3O2/c14-13(15)3-1-2-10-9-7-12(18)11(17)6-8(9)4-5-16-10/h6-7,10,16-18H,1-5H2,(H3,14,15). The van der Waals surface area contributed by atoms with Gasteiger partial charge < -0.3 is 21.3 Å². The Labute approximate surface area is 106 Å². The average Bonchev–Trinajstić information content (AvgIpc) is 2.31. The minimum Gasteiger partial charge on any atom is -0.504 e. The van der Waals surface area contributed by atoms with Crippen molar-refractivity contribution >= 4 is 5.84 Å². The molecule has 1 aromatic rings. The average molecular weight is 249 g/mol. The lowest BCUT2D eigenvalue weighted by Crippen LogP contribution is -2.30. The molecular weight excluding hydrogens is 230 g/mol. The van der Waals surface area contributed by atoms with Crippen LogP contribution in [-0.4, -0.2) is 22.6 Å². The Bertz CT molecular complexity index is 460. The quantitative estimate of drug-likeness (QED) is 0.316. The summed E-state index contributed by atoms with van der Waals surface area (Å²) in [5, 5.41) is 29.7. The van der Waals surface area contributed by atoms with Crippen LogP contribution in [0, 0.1) is 5.41 Å². The van der Waals surface area contributed by atoms with E-state index in [0.29, 0.717) is 6.42 Å². The Morgan fingerprint density at radius 2 is 2.11 bits per heavy atom. The minimum atomic E-state index is -0.0750. The van der Waals surface area contributed by atoms with Gasteiger partial charge >= 0.3 is 0 Å². The molecule has 6 N–H and O–H groups in total. The first-order valence-electron chi connectivity index (χ1n) is 6.19. The Hall–Kier alpha value is -1.75. The van der Waals surface area contributed by atoms with Crippen LogP contribution in [0.4, 0.5) is 0 Å². The number of fused-ring (bicyclic) bond motifs is 1. The molecule has 0 aromatic heterocycles. The lowest BCUT2D eigenvalue weighted by atomic mass is 9.90. The summed E-state index contributed by atoms with van der Waals surface area (Å²) in [5.41, 5.74) is 7.46. The number of nitrogens with one attached hydrogen (secondary N) is 2. The second-order valence-electron chi connectivity index (χ2n) is 4.71. The molecule has 1 aliphatic rings. The lowest BCUT2D eigenvalue weighted by molar-refractivity contribution is 0.396. The predicted octanol–water partition coefficient (Wildman–Crippen LogP) is 1.39. The molecule has 5 heteroatoms. The third-order valence-electron chi connectivity index (χ3n) is 3.34. The van der Waals surface area contributed by atoms with Gasteiger partial charge in [0.2, 0.25) is 0 Å². The maximum absolute atomic E-state index is 9.57. The third-order valence-corrected chi connectivity index (χ3v) is 3.34. The van der Waals surface area contributed by atoms with E-state index in [0.717, 1.165) is 36.9 Å². The van der Waals surface area contributed by atoms with E-state index in [1.54, 1.807) is 12.1 Å². The van der Waals surface area contributed by atoms with Crippen LogP contribution >= 0.6 is 0 Å². The first-order valence-corrected chi connectivity index (χ1v) is 6.19. The van der Waals surface area contributed by atoms with Gasteiger partial charge in [-0.3, -0.25) is 5.41 Å². The monoisotopic (exact) mass is 249 g/mol. The molecule has 1 atom stereocenters. The van der Waals surface area contributed by atoms with Gasteiger partial charge in [0.25, 0.3) is 0 Å². The number of hydrogen-bond acceptors (Lipinski definition) is 4. The Balaban J connectivity index is 2.12. The highest BCUT2D eigenvalue weighted by Gasteiger charge is 2.21. The van der Waals surface area contributed by atoms with Crippen molar-refractivity contribution in [3.63, 3.8) is 0 Å². The number of nitrogens with two attached hydrogens (primary N) is 1. The van der Waals surface area contributed by atoms with Crippen LogP contribution < -0.4 is 11.1 Å². The van der Waals surface area contributed by atoms with Crippen LogP contribution in [0.2, 0.25) is 0 Å². The van der Waals surface area contributed by atoms with Crippen molar-refractivity contribution in [1.29, 1.82) is 5.41 Å². The molecule has 98 valence electrons. The molecule has 0 fully saturated rings. The minimum absolute atomic E-state index is 0.0573. The Kier molecular flexibility index (Phi) is 3.72. The molecule has 0 amide bonds. The topological polar surface area (TPSA) is 102 Å². The van der Waals surface area contributed by atoms with Crippen molar-refractivity contribution in [2.24, 2.45) is 5.73 Å². The number of hydrogen-bond donors (Lipinski definition) is 5. The van der Waals surface area contributed by atoms with Crippen molar-refractivity contribution < 1.29 is 10.2 Å². The summed E-state index contributed by atoms with van der Waals surface area (Å²) in [5.74, 6) is 0.0757. The largest absolute Gasteiger partial charge is 0.504 e. The number of benzene rings is 1. The zero-order valence-corrected chi connectivity index (χ0v) is 10.2. The zero-order chi connectivity index (χ0) is 13.1. The van der Waals surface area contributed by atoms with Gasteiger partial charge in [-0.05, 0) is 49.1 Å². The van der Waals surface area contributed by atoms with E-state index in [1.807, 2.05) is 0 Å². The Morgan fingerprint density at radius 1 is 1.39 bits per heavy atom. The molecule has 1 unspecified atom stereocenters. The second kappa shape index (κ2) is 5.27. The molecule has 0 aliphatic carbocycles. The fourth-order valence-corrected chi connectivity index (χ4v) is 2.42. The van der Waals surface area contributed by atoms with Gasteiger partial charge in [-0.25, -0.2) is 0 Å². The zero-order valence-electron chi connectivity index (χ0n) is 10.2. The molecule has 0 saturated heterocycles. The Morgan fingerprint density at radius 3 is 2.83 bits per heavy atom. The highest BCUT2D eigenvalue weighted by Crippen LogP contribution is 2.35. The molecule has 5 nitrogen and oxygen atoms in total. The van der Waals surface area contributed by atoms with Crippen molar-refractivity contribution in [2.75, 3.05) is 6.54 Å². The number of phenols is 2. The van der Waals surface area contributed by atoms with Gasteiger partial charge in [-0.1, -0.05) is 0 Å². The van der Waals surface area contributed by atoms with E-state index in [2.05, 4.69) is 5.32 Å². The van der Waals surface area contributed by atoms with Crippen LogP contribution in [-0.2, 0) is 6.42 Å². The number of amidine groups is 1. The van der Waals surface area contributed by atoms with Crippen LogP contribution in [0.3, 0.4) is 0 Å². The highest BCUT2D eigenvalue weighted by molar-refractivity contribution is 5.76. The van der Waals surface area contributed by atoms with Crippen molar-refractivity contribution in [2.45, 2.75) is 31.7 Å². The van der Waals surface area contributed by atoms with Crippen molar-refractivity contribution in [3.05, 3.63) is 23.3 Å².